The van der Waals surface area contributed by atoms with Crippen molar-refractivity contribution in [2.24, 2.45) is 0 Å². The Morgan fingerprint density at radius 1 is 1.20 bits per heavy atom. The van der Waals surface area contributed by atoms with E-state index in [0.29, 0.717) is 0 Å². The lowest BCUT2D eigenvalue weighted by Gasteiger charge is -2.01. The summed E-state index contributed by atoms with van der Waals surface area (Å²) in [6, 6.07) is 0. The van der Waals surface area contributed by atoms with Gasteiger partial charge >= 0.3 is 0 Å². The van der Waals surface area contributed by atoms with Crippen LogP contribution in [0.4, 0.5) is 0 Å². The van der Waals surface area contributed by atoms with Crippen molar-refractivity contribution in [3.8, 4) is 0 Å². The highest BCUT2D eigenvalue weighted by atomic mass is 14.0. The smallest absolute Gasteiger partial charge is 0.0323 e. The van der Waals surface area contributed by atoms with Crippen LogP contribution in [-0.2, 0) is 0 Å². The van der Waals surface area contributed by atoms with Gasteiger partial charge in [-0.15, -0.1) is 0 Å². The molecular formula is C10H19. The first-order valence-electron chi connectivity index (χ1n) is 4.27. The molecule has 0 nitrogen and oxygen atoms in total. The standard InChI is InChI=1S/C10H19/c1-4-6-8-10(3)9-7-5-2/h1,3-9H2,2H3. The molecule has 0 aromatic rings. The molecule has 59 valence electrons. The van der Waals surface area contributed by atoms with Crippen molar-refractivity contribution in [2.75, 3.05) is 0 Å². The van der Waals surface area contributed by atoms with E-state index in [-0.39, 0.29) is 0 Å². The van der Waals surface area contributed by atoms with E-state index in [9.17, 15) is 0 Å². The first kappa shape index (κ1) is 9.74. The van der Waals surface area contributed by atoms with Gasteiger partial charge in [-0.2, -0.15) is 0 Å². The van der Waals surface area contributed by atoms with E-state index < -0.39 is 0 Å². The molecule has 0 heteroatoms. The molecule has 0 bridgehead atoms. The van der Waals surface area contributed by atoms with Crippen molar-refractivity contribution in [1.82, 2.24) is 0 Å². The van der Waals surface area contributed by atoms with Gasteiger partial charge in [-0.25, -0.2) is 0 Å². The normalized spacial score (nSPS) is 9.80. The van der Waals surface area contributed by atoms with Crippen LogP contribution in [0.2, 0.25) is 0 Å². The second-order valence-electron chi connectivity index (χ2n) is 2.81. The van der Waals surface area contributed by atoms with E-state index in [1.807, 2.05) is 0 Å². The van der Waals surface area contributed by atoms with Gasteiger partial charge in [0.05, 0.1) is 0 Å². The summed E-state index contributed by atoms with van der Waals surface area (Å²) < 4.78 is 0. The minimum atomic E-state index is 1.05. The molecule has 0 unspecified atom stereocenters. The second kappa shape index (κ2) is 6.85. The van der Waals surface area contributed by atoms with Crippen molar-refractivity contribution in [3.63, 3.8) is 0 Å². The van der Waals surface area contributed by atoms with Gasteiger partial charge in [0.2, 0.25) is 0 Å². The molecule has 0 fully saturated rings. The zero-order valence-electron chi connectivity index (χ0n) is 7.16. The Balaban J connectivity index is 3.09. The molecular weight excluding hydrogens is 120 g/mol. The van der Waals surface area contributed by atoms with Crippen LogP contribution < -0.4 is 0 Å². The van der Waals surface area contributed by atoms with E-state index in [2.05, 4.69) is 20.4 Å². The van der Waals surface area contributed by atoms with Gasteiger partial charge in [-0.3, -0.25) is 0 Å². The molecule has 0 aliphatic heterocycles. The van der Waals surface area contributed by atoms with Gasteiger partial charge in [-0.1, -0.05) is 38.8 Å². The van der Waals surface area contributed by atoms with Crippen LogP contribution in [0.3, 0.4) is 0 Å². The van der Waals surface area contributed by atoms with Crippen LogP contribution in [0, 0.1) is 6.92 Å². The van der Waals surface area contributed by atoms with Crippen molar-refractivity contribution < 1.29 is 0 Å². The van der Waals surface area contributed by atoms with Crippen LogP contribution in [0.25, 0.3) is 0 Å². The fraction of sp³-hybridized carbons (Fsp3) is 0.700. The molecule has 0 heterocycles. The molecule has 0 saturated carbocycles. The molecule has 0 aliphatic rings. The second-order valence-corrected chi connectivity index (χ2v) is 2.81. The topological polar surface area (TPSA) is 0 Å². The van der Waals surface area contributed by atoms with Crippen molar-refractivity contribution in [3.05, 3.63) is 19.1 Å². The minimum absolute atomic E-state index is 1.05. The molecule has 0 rings (SSSR count). The van der Waals surface area contributed by atoms with Gasteiger partial charge in [0.1, 0.15) is 0 Å². The fourth-order valence-electron chi connectivity index (χ4n) is 0.927. The maximum Gasteiger partial charge on any atom is -0.0323 e. The van der Waals surface area contributed by atoms with Crippen molar-refractivity contribution in [1.29, 1.82) is 0 Å². The van der Waals surface area contributed by atoms with Crippen molar-refractivity contribution >= 4 is 0 Å². The Bertz CT molecular complexity index is 72.0. The molecule has 0 atom stereocenters. The highest BCUT2D eigenvalue weighted by molar-refractivity contribution is 4.93. The van der Waals surface area contributed by atoms with E-state index in [4.69, 9.17) is 0 Å². The van der Waals surface area contributed by atoms with Crippen LogP contribution in [0.5, 0.6) is 0 Å². The lowest BCUT2D eigenvalue weighted by molar-refractivity contribution is 0.729. The molecule has 0 aliphatic carbocycles. The summed E-state index contributed by atoms with van der Waals surface area (Å²) in [6.07, 6.45) is 7.24. The van der Waals surface area contributed by atoms with E-state index in [0.717, 1.165) is 6.42 Å². The molecule has 0 spiro atoms. The summed E-state index contributed by atoms with van der Waals surface area (Å²) in [6.45, 7) is 10.0. The maximum atomic E-state index is 4.00. The SMILES string of the molecule is [CH2]CCCC(=C)CCCC. The first-order chi connectivity index (χ1) is 4.81. The summed E-state index contributed by atoms with van der Waals surface area (Å²) in [5.74, 6) is 0. The Morgan fingerprint density at radius 2 is 1.80 bits per heavy atom. The summed E-state index contributed by atoms with van der Waals surface area (Å²) in [5, 5.41) is 0. The largest absolute Gasteiger partial charge is 0.0999 e. The predicted octanol–water partition coefficient (Wildman–Crippen LogP) is 3.74. The third kappa shape index (κ3) is 5.87. The zero-order valence-corrected chi connectivity index (χ0v) is 7.16. The van der Waals surface area contributed by atoms with Crippen molar-refractivity contribution in [2.45, 2.75) is 45.4 Å². The summed E-state index contributed by atoms with van der Waals surface area (Å²) in [7, 11) is 0. The number of rotatable bonds is 6. The highest BCUT2D eigenvalue weighted by Gasteiger charge is 1.91. The Hall–Kier alpha value is -0.260. The zero-order chi connectivity index (χ0) is 7.82. The quantitative estimate of drug-likeness (QED) is 0.492. The third-order valence-corrected chi connectivity index (χ3v) is 1.66. The molecule has 0 amide bonds. The molecule has 0 aromatic heterocycles. The molecule has 1 radical (unpaired) electrons. The number of allylic oxidation sites excluding steroid dienone is 1. The molecule has 0 saturated heterocycles. The van der Waals surface area contributed by atoms with Gasteiger partial charge in [0.15, 0.2) is 0 Å². The molecule has 0 N–H and O–H groups in total. The van der Waals surface area contributed by atoms with E-state index >= 15 is 0 Å². The maximum absolute atomic E-state index is 4.00. The Morgan fingerprint density at radius 3 is 2.30 bits per heavy atom. The number of hydrogen-bond acceptors (Lipinski definition) is 0. The summed E-state index contributed by atoms with van der Waals surface area (Å²) in [4.78, 5) is 0. The average Bonchev–Trinajstić information content (AvgIpc) is 1.97. The monoisotopic (exact) mass is 139 g/mol. The lowest BCUT2D eigenvalue weighted by Crippen LogP contribution is -1.81. The van der Waals surface area contributed by atoms with Crippen LogP contribution in [-0.4, -0.2) is 0 Å². The van der Waals surface area contributed by atoms with Gasteiger partial charge in [0, 0.05) is 0 Å². The van der Waals surface area contributed by atoms with Crippen LogP contribution in [0.1, 0.15) is 45.4 Å². The fourth-order valence-corrected chi connectivity index (χ4v) is 0.927. The molecule has 0 aromatic carbocycles. The first-order valence-corrected chi connectivity index (χ1v) is 4.27. The summed E-state index contributed by atoms with van der Waals surface area (Å²) in [5.41, 5.74) is 1.41. The highest BCUT2D eigenvalue weighted by Crippen LogP contribution is 2.11. The van der Waals surface area contributed by atoms with Crippen LogP contribution in [0.15, 0.2) is 12.2 Å². The summed E-state index contributed by atoms with van der Waals surface area (Å²) >= 11 is 0. The lowest BCUT2D eigenvalue weighted by atomic mass is 10.1. The Labute approximate surface area is 65.3 Å². The van der Waals surface area contributed by atoms with Crippen LogP contribution >= 0.6 is 0 Å². The van der Waals surface area contributed by atoms with Gasteiger partial charge in [-0.05, 0) is 25.7 Å². The van der Waals surface area contributed by atoms with Gasteiger partial charge < -0.3 is 0 Å². The Kier molecular flexibility index (Phi) is 6.68. The number of unbranched alkanes of at least 4 members (excludes halogenated alkanes) is 2. The van der Waals surface area contributed by atoms with Gasteiger partial charge in [0.25, 0.3) is 0 Å². The molecule has 10 heavy (non-hydrogen) atoms. The number of hydrogen-bond donors (Lipinski definition) is 0. The third-order valence-electron chi connectivity index (χ3n) is 1.66. The van der Waals surface area contributed by atoms with E-state index in [1.54, 1.807) is 0 Å². The average molecular weight is 139 g/mol. The van der Waals surface area contributed by atoms with E-state index in [1.165, 1.54) is 37.7 Å². The predicted molar refractivity (Wildman–Crippen MR) is 47.9 cm³/mol. The minimum Gasteiger partial charge on any atom is -0.0999 e.